The molecule has 3 unspecified atom stereocenters. The molecule has 2 aliphatic heterocycles. The zero-order valence-electron chi connectivity index (χ0n) is 24.3. The maximum atomic E-state index is 13.9. The molecule has 0 radical (unpaired) electrons. The molecule has 4 rings (SSSR count). The summed E-state index contributed by atoms with van der Waals surface area (Å²) in [5.41, 5.74) is 1.79. The van der Waals surface area contributed by atoms with E-state index in [4.69, 9.17) is 4.74 Å². The van der Waals surface area contributed by atoms with Crippen molar-refractivity contribution < 1.29 is 28.2 Å². The van der Waals surface area contributed by atoms with Crippen LogP contribution in [-0.4, -0.2) is 72.4 Å². The highest BCUT2D eigenvalue weighted by molar-refractivity contribution is 6.00. The van der Waals surface area contributed by atoms with E-state index in [0.29, 0.717) is 42.8 Å². The highest BCUT2D eigenvalue weighted by atomic mass is 19.1. The first-order valence-electron chi connectivity index (χ1n) is 14.9. The summed E-state index contributed by atoms with van der Waals surface area (Å²) >= 11 is 0. The average molecular weight is 572 g/mol. The number of amides is 2. The van der Waals surface area contributed by atoms with Crippen LogP contribution in [0.3, 0.4) is 0 Å². The van der Waals surface area contributed by atoms with Crippen LogP contribution in [0.25, 0.3) is 0 Å². The fourth-order valence-electron chi connectivity index (χ4n) is 6.11. The number of hydrogen-bond acceptors (Lipinski definition) is 5. The Balaban J connectivity index is 1.48. The largest absolute Gasteiger partial charge is 0.390 e. The zero-order chi connectivity index (χ0) is 29.5. The molecule has 2 fully saturated rings. The molecule has 41 heavy (non-hydrogen) atoms. The van der Waals surface area contributed by atoms with E-state index in [9.17, 15) is 23.5 Å². The second kappa shape index (κ2) is 14.3. The van der Waals surface area contributed by atoms with Gasteiger partial charge < -0.3 is 25.4 Å². The second-order valence-electron chi connectivity index (χ2n) is 11.5. The first-order valence-corrected chi connectivity index (χ1v) is 14.9. The summed E-state index contributed by atoms with van der Waals surface area (Å²) < 4.78 is 33.8. The highest BCUT2D eigenvalue weighted by Gasteiger charge is 2.40. The van der Waals surface area contributed by atoms with Crippen molar-refractivity contribution in [2.24, 2.45) is 5.92 Å². The Hall–Kier alpha value is -2.88. The number of hydrogen-bond donors (Lipinski definition) is 3. The monoisotopic (exact) mass is 571 g/mol. The quantitative estimate of drug-likeness (QED) is 0.313. The van der Waals surface area contributed by atoms with Crippen molar-refractivity contribution in [2.45, 2.75) is 83.6 Å². The number of aliphatic hydroxyl groups excluding tert-OH is 1. The van der Waals surface area contributed by atoms with E-state index >= 15 is 0 Å². The summed E-state index contributed by atoms with van der Waals surface area (Å²) in [5, 5.41) is 17.3. The van der Waals surface area contributed by atoms with E-state index in [0.717, 1.165) is 43.7 Å². The zero-order valence-corrected chi connectivity index (χ0v) is 24.3. The molecule has 3 N–H and O–H groups in total. The van der Waals surface area contributed by atoms with Crippen LogP contribution in [0.5, 0.6) is 0 Å². The van der Waals surface area contributed by atoms with Crippen LogP contribution < -0.4 is 10.6 Å². The molecule has 0 aliphatic carbocycles. The van der Waals surface area contributed by atoms with Crippen LogP contribution in [0, 0.1) is 24.5 Å². The van der Waals surface area contributed by atoms with Crippen LogP contribution in [0.15, 0.2) is 36.4 Å². The predicted octanol–water partition coefficient (Wildman–Crippen LogP) is 4.39. The van der Waals surface area contributed by atoms with Gasteiger partial charge in [0.15, 0.2) is 0 Å². The van der Waals surface area contributed by atoms with Crippen LogP contribution in [-0.2, 0) is 11.2 Å². The fraction of sp³-hybridized carbons (Fsp3) is 0.562. The van der Waals surface area contributed by atoms with Gasteiger partial charge in [0.1, 0.15) is 11.6 Å². The number of ether oxygens (including phenoxy) is 1. The molecule has 5 atom stereocenters. The maximum Gasteiger partial charge on any atom is 0.253 e. The summed E-state index contributed by atoms with van der Waals surface area (Å²) in [7, 11) is 0. The molecule has 2 amide bonds. The third-order valence-corrected chi connectivity index (χ3v) is 8.01. The van der Waals surface area contributed by atoms with Crippen molar-refractivity contribution >= 4 is 11.8 Å². The number of aliphatic hydroxyl groups is 1. The first-order chi connectivity index (χ1) is 19.7. The molecule has 2 saturated heterocycles. The van der Waals surface area contributed by atoms with Crippen molar-refractivity contribution in [1.82, 2.24) is 15.5 Å². The number of halogens is 2. The van der Waals surface area contributed by atoms with Gasteiger partial charge in [-0.1, -0.05) is 13.8 Å². The topological polar surface area (TPSA) is 90.9 Å². The van der Waals surface area contributed by atoms with Crippen molar-refractivity contribution in [1.29, 1.82) is 0 Å². The van der Waals surface area contributed by atoms with Gasteiger partial charge in [0, 0.05) is 49.3 Å². The van der Waals surface area contributed by atoms with Crippen LogP contribution in [0.1, 0.15) is 77.8 Å². The van der Waals surface area contributed by atoms with E-state index in [-0.39, 0.29) is 30.5 Å². The lowest BCUT2D eigenvalue weighted by molar-refractivity contribution is 0.0755. The molecule has 9 heteroatoms. The number of carbonyl (C=O) groups excluding carboxylic acids is 2. The Morgan fingerprint density at radius 2 is 1.71 bits per heavy atom. The normalized spacial score (nSPS) is 21.1. The Morgan fingerprint density at radius 1 is 1.02 bits per heavy atom. The molecule has 2 aliphatic rings. The minimum absolute atomic E-state index is 0.0267. The van der Waals surface area contributed by atoms with Gasteiger partial charge in [-0.15, -0.1) is 0 Å². The summed E-state index contributed by atoms with van der Waals surface area (Å²) in [6.45, 7) is 7.98. The van der Waals surface area contributed by atoms with E-state index in [1.807, 2.05) is 20.8 Å². The number of nitrogens with zero attached hydrogens (tertiary/aromatic N) is 1. The standard InChI is InChI=1S/C32H43F2N3O4/c1-4-8-37(9-5-2)32(40)23-11-20(3)10-22(15-23)31(39)36-28(14-21-12-25(33)17-26(34)13-21)29(38)19-35-18-24-16-27-6-7-30(24)41-27/h10-13,15,17,24,27-30,35,38H,4-9,14,16,18-19H2,1-3H3,(H,36,39)/t24?,27?,28-,29+,30?/m0/s1. The number of fused-ring (bicyclic) bond motifs is 2. The molecule has 2 bridgehead atoms. The molecule has 224 valence electrons. The van der Waals surface area contributed by atoms with Gasteiger partial charge in [0.2, 0.25) is 0 Å². The van der Waals surface area contributed by atoms with E-state index in [1.54, 1.807) is 23.1 Å². The summed E-state index contributed by atoms with van der Waals surface area (Å²) in [4.78, 5) is 28.5. The van der Waals surface area contributed by atoms with Gasteiger partial charge in [0.25, 0.3) is 11.8 Å². The lowest BCUT2D eigenvalue weighted by atomic mass is 9.89. The van der Waals surface area contributed by atoms with Gasteiger partial charge >= 0.3 is 0 Å². The van der Waals surface area contributed by atoms with Gasteiger partial charge in [-0.05, 0) is 86.9 Å². The van der Waals surface area contributed by atoms with Crippen LogP contribution >= 0.6 is 0 Å². The third kappa shape index (κ3) is 8.33. The number of aryl methyl sites for hydroxylation is 1. The van der Waals surface area contributed by atoms with Gasteiger partial charge in [0.05, 0.1) is 24.4 Å². The van der Waals surface area contributed by atoms with Crippen molar-refractivity contribution in [3.05, 3.63) is 70.3 Å². The summed E-state index contributed by atoms with van der Waals surface area (Å²) in [6.07, 6.45) is 4.39. The molecule has 7 nitrogen and oxygen atoms in total. The van der Waals surface area contributed by atoms with Crippen LogP contribution in [0.4, 0.5) is 8.78 Å². The molecule has 2 aromatic rings. The Kier molecular flexibility index (Phi) is 10.9. The first kappa shape index (κ1) is 31.1. The lowest BCUT2D eigenvalue weighted by Gasteiger charge is -2.26. The fourth-order valence-corrected chi connectivity index (χ4v) is 6.11. The number of rotatable bonds is 14. The molecule has 0 saturated carbocycles. The lowest BCUT2D eigenvalue weighted by Crippen LogP contribution is -2.49. The summed E-state index contributed by atoms with van der Waals surface area (Å²) in [6, 6.07) is 7.39. The van der Waals surface area contributed by atoms with E-state index < -0.39 is 29.7 Å². The van der Waals surface area contributed by atoms with Gasteiger partial charge in [-0.3, -0.25) is 9.59 Å². The number of nitrogens with one attached hydrogen (secondary N) is 2. The predicted molar refractivity (Wildman–Crippen MR) is 154 cm³/mol. The van der Waals surface area contributed by atoms with Crippen LogP contribution in [0.2, 0.25) is 0 Å². The van der Waals surface area contributed by atoms with Gasteiger partial charge in [-0.25, -0.2) is 8.78 Å². The third-order valence-electron chi connectivity index (χ3n) is 8.01. The smallest absolute Gasteiger partial charge is 0.253 e. The molecule has 0 spiro atoms. The maximum absolute atomic E-state index is 13.9. The Morgan fingerprint density at radius 3 is 2.32 bits per heavy atom. The minimum Gasteiger partial charge on any atom is -0.390 e. The minimum atomic E-state index is -1.03. The van der Waals surface area contributed by atoms with Crippen molar-refractivity contribution in [2.75, 3.05) is 26.2 Å². The van der Waals surface area contributed by atoms with Crippen molar-refractivity contribution in [3.8, 4) is 0 Å². The Labute approximate surface area is 241 Å². The molecular weight excluding hydrogens is 528 g/mol. The molecule has 2 aromatic carbocycles. The van der Waals surface area contributed by atoms with E-state index in [2.05, 4.69) is 10.6 Å². The summed E-state index contributed by atoms with van der Waals surface area (Å²) in [5.74, 6) is -1.66. The Bertz CT molecular complexity index is 1180. The number of carbonyl (C=O) groups is 2. The van der Waals surface area contributed by atoms with Crippen molar-refractivity contribution in [3.63, 3.8) is 0 Å². The van der Waals surface area contributed by atoms with E-state index in [1.165, 1.54) is 12.1 Å². The van der Waals surface area contributed by atoms with Gasteiger partial charge in [-0.2, -0.15) is 0 Å². The molecule has 0 aromatic heterocycles. The average Bonchev–Trinajstić information content (AvgIpc) is 3.55. The molecular formula is C32H43F2N3O4. The highest BCUT2D eigenvalue weighted by Crippen LogP contribution is 2.38. The number of benzene rings is 2. The second-order valence-corrected chi connectivity index (χ2v) is 11.5. The SMILES string of the molecule is CCCN(CCC)C(=O)c1cc(C)cc(C(=O)N[C@@H](Cc2cc(F)cc(F)c2)[C@H](O)CNCC2CC3CCC2O3)c1. The molecule has 2 heterocycles.